The van der Waals surface area contributed by atoms with Gasteiger partial charge in [-0.1, -0.05) is 0 Å². The summed E-state index contributed by atoms with van der Waals surface area (Å²) in [5.74, 6) is 0.731. The van der Waals surface area contributed by atoms with Gasteiger partial charge in [0, 0.05) is 29.5 Å². The highest BCUT2D eigenvalue weighted by atomic mass is 14.9. The number of aromatic nitrogens is 4. The third-order valence-electron chi connectivity index (χ3n) is 2.54. The molecule has 0 aliphatic carbocycles. The fourth-order valence-corrected chi connectivity index (χ4v) is 1.73. The van der Waals surface area contributed by atoms with Crippen LogP contribution >= 0.6 is 0 Å². The van der Waals surface area contributed by atoms with Gasteiger partial charge in [-0.15, -0.1) is 0 Å². The Labute approximate surface area is 92.4 Å². The first kappa shape index (κ1) is 9.03. The van der Waals surface area contributed by atoms with Gasteiger partial charge in [0.2, 0.25) is 0 Å². The molecule has 0 bridgehead atoms. The number of hydrogen-bond donors (Lipinski definition) is 1. The van der Waals surface area contributed by atoms with Gasteiger partial charge in [0.25, 0.3) is 0 Å². The van der Waals surface area contributed by atoms with E-state index >= 15 is 0 Å². The lowest BCUT2D eigenvalue weighted by molar-refractivity contribution is 1.14. The average Bonchev–Trinajstić information content (AvgIpc) is 2.79. The summed E-state index contributed by atoms with van der Waals surface area (Å²) in [4.78, 5) is 16.0. The molecule has 0 unspecified atom stereocenters. The van der Waals surface area contributed by atoms with Gasteiger partial charge in [0.05, 0.1) is 5.69 Å². The van der Waals surface area contributed by atoms with E-state index in [1.807, 2.05) is 31.3 Å². The van der Waals surface area contributed by atoms with Crippen molar-refractivity contribution in [1.29, 1.82) is 0 Å². The first-order chi connectivity index (χ1) is 7.84. The zero-order valence-electron chi connectivity index (χ0n) is 8.81. The summed E-state index contributed by atoms with van der Waals surface area (Å²) in [7, 11) is 0. The molecule has 16 heavy (non-hydrogen) atoms. The molecule has 0 radical (unpaired) electrons. The zero-order chi connectivity index (χ0) is 11.0. The lowest BCUT2D eigenvalue weighted by atomic mass is 10.2. The van der Waals surface area contributed by atoms with Gasteiger partial charge in [-0.25, -0.2) is 9.97 Å². The van der Waals surface area contributed by atoms with E-state index in [2.05, 4.69) is 19.9 Å². The number of rotatable bonds is 1. The van der Waals surface area contributed by atoms with Crippen LogP contribution in [0.4, 0.5) is 0 Å². The Hall–Kier alpha value is -2.23. The summed E-state index contributed by atoms with van der Waals surface area (Å²) in [5.41, 5.74) is 2.84. The molecule has 0 spiro atoms. The summed E-state index contributed by atoms with van der Waals surface area (Å²) in [6, 6.07) is 5.80. The summed E-state index contributed by atoms with van der Waals surface area (Å²) in [5, 5.41) is 1.07. The fourth-order valence-electron chi connectivity index (χ4n) is 1.73. The van der Waals surface area contributed by atoms with Crippen molar-refractivity contribution < 1.29 is 0 Å². The van der Waals surface area contributed by atoms with Crippen LogP contribution in [0.25, 0.3) is 22.4 Å². The molecular formula is C12H10N4. The van der Waals surface area contributed by atoms with Gasteiger partial charge in [0.15, 0.2) is 5.82 Å². The first-order valence-corrected chi connectivity index (χ1v) is 5.07. The minimum atomic E-state index is 0.731. The van der Waals surface area contributed by atoms with Crippen molar-refractivity contribution in [2.45, 2.75) is 6.92 Å². The van der Waals surface area contributed by atoms with Crippen LogP contribution in [0, 0.1) is 6.92 Å². The van der Waals surface area contributed by atoms with Crippen LogP contribution in [-0.4, -0.2) is 19.9 Å². The van der Waals surface area contributed by atoms with Crippen molar-refractivity contribution in [3.8, 4) is 11.4 Å². The van der Waals surface area contributed by atoms with Crippen LogP contribution in [0.1, 0.15) is 5.69 Å². The van der Waals surface area contributed by atoms with Gasteiger partial charge in [0.1, 0.15) is 5.65 Å². The van der Waals surface area contributed by atoms with E-state index in [0.29, 0.717) is 0 Å². The lowest BCUT2D eigenvalue weighted by Crippen LogP contribution is -1.93. The number of pyridine rings is 1. The Morgan fingerprint density at radius 3 is 2.69 bits per heavy atom. The number of aromatic amines is 1. The number of nitrogens with zero attached hydrogens (tertiary/aromatic N) is 3. The van der Waals surface area contributed by atoms with Gasteiger partial charge < -0.3 is 4.98 Å². The van der Waals surface area contributed by atoms with Crippen LogP contribution in [0.5, 0.6) is 0 Å². The average molecular weight is 210 g/mol. The van der Waals surface area contributed by atoms with E-state index in [4.69, 9.17) is 0 Å². The van der Waals surface area contributed by atoms with E-state index in [0.717, 1.165) is 28.1 Å². The number of fused-ring (bicyclic) bond motifs is 1. The highest BCUT2D eigenvalue weighted by molar-refractivity contribution is 5.79. The Balaban J connectivity index is 2.25. The Morgan fingerprint density at radius 1 is 1.06 bits per heavy atom. The fraction of sp³-hybridized carbons (Fsp3) is 0.0833. The molecular weight excluding hydrogens is 200 g/mol. The van der Waals surface area contributed by atoms with Gasteiger partial charge in [-0.3, -0.25) is 4.98 Å². The van der Waals surface area contributed by atoms with Gasteiger partial charge >= 0.3 is 0 Å². The molecule has 3 aromatic rings. The second-order valence-corrected chi connectivity index (χ2v) is 3.61. The zero-order valence-corrected chi connectivity index (χ0v) is 8.81. The molecule has 0 saturated carbocycles. The molecule has 4 heteroatoms. The lowest BCUT2D eigenvalue weighted by Gasteiger charge is -2.01. The Kier molecular flexibility index (Phi) is 1.93. The number of aryl methyl sites for hydroxylation is 1. The number of hydrogen-bond acceptors (Lipinski definition) is 3. The molecule has 3 rings (SSSR count). The third-order valence-corrected chi connectivity index (χ3v) is 2.54. The van der Waals surface area contributed by atoms with Crippen LogP contribution in [-0.2, 0) is 0 Å². The second-order valence-electron chi connectivity index (χ2n) is 3.61. The molecule has 0 fully saturated rings. The van der Waals surface area contributed by atoms with E-state index in [-0.39, 0.29) is 0 Å². The van der Waals surface area contributed by atoms with Crippen LogP contribution in [0.15, 0.2) is 36.8 Å². The molecule has 0 amide bonds. The minimum Gasteiger partial charge on any atom is -0.346 e. The summed E-state index contributed by atoms with van der Waals surface area (Å²) < 4.78 is 0. The standard InChI is InChI=1S/C12H10N4/c1-8-10-4-7-14-12(10)16-11(15-8)9-2-5-13-6-3-9/h2-7H,1H3,(H,14,15,16). The van der Waals surface area contributed by atoms with Gasteiger partial charge in [-0.2, -0.15) is 0 Å². The predicted molar refractivity (Wildman–Crippen MR) is 61.9 cm³/mol. The molecule has 0 atom stereocenters. The number of nitrogens with one attached hydrogen (secondary N) is 1. The highest BCUT2D eigenvalue weighted by Gasteiger charge is 2.06. The van der Waals surface area contributed by atoms with E-state index in [9.17, 15) is 0 Å². The summed E-state index contributed by atoms with van der Waals surface area (Å²) >= 11 is 0. The topological polar surface area (TPSA) is 54.5 Å². The minimum absolute atomic E-state index is 0.731. The van der Waals surface area contributed by atoms with Gasteiger partial charge in [-0.05, 0) is 25.1 Å². The van der Waals surface area contributed by atoms with E-state index in [1.165, 1.54) is 0 Å². The van der Waals surface area contributed by atoms with Crippen LogP contribution < -0.4 is 0 Å². The molecule has 3 aromatic heterocycles. The maximum absolute atomic E-state index is 4.48. The quantitative estimate of drug-likeness (QED) is 0.670. The SMILES string of the molecule is Cc1nc(-c2ccncc2)nc2[nH]ccc12. The molecule has 0 aliphatic heterocycles. The predicted octanol–water partition coefficient (Wildman–Crippen LogP) is 2.33. The van der Waals surface area contributed by atoms with Crippen LogP contribution in [0.3, 0.4) is 0 Å². The smallest absolute Gasteiger partial charge is 0.161 e. The molecule has 78 valence electrons. The maximum Gasteiger partial charge on any atom is 0.161 e. The number of H-pyrrole nitrogens is 1. The van der Waals surface area contributed by atoms with Crippen LogP contribution in [0.2, 0.25) is 0 Å². The van der Waals surface area contributed by atoms with Crippen molar-refractivity contribution in [3.63, 3.8) is 0 Å². The molecule has 1 N–H and O–H groups in total. The molecule has 4 nitrogen and oxygen atoms in total. The monoisotopic (exact) mass is 210 g/mol. The van der Waals surface area contributed by atoms with E-state index < -0.39 is 0 Å². The summed E-state index contributed by atoms with van der Waals surface area (Å²) in [6.07, 6.45) is 5.36. The molecule has 3 heterocycles. The van der Waals surface area contributed by atoms with Crippen molar-refractivity contribution in [3.05, 3.63) is 42.5 Å². The first-order valence-electron chi connectivity index (χ1n) is 5.07. The van der Waals surface area contributed by atoms with Crippen molar-refractivity contribution in [2.24, 2.45) is 0 Å². The highest BCUT2D eigenvalue weighted by Crippen LogP contribution is 2.19. The van der Waals surface area contributed by atoms with Crippen molar-refractivity contribution in [2.75, 3.05) is 0 Å². The third kappa shape index (κ3) is 1.35. The normalized spacial score (nSPS) is 10.8. The Bertz CT molecular complexity index is 628. The molecule has 0 aromatic carbocycles. The van der Waals surface area contributed by atoms with Crippen molar-refractivity contribution in [1.82, 2.24) is 19.9 Å². The molecule has 0 aliphatic rings. The largest absolute Gasteiger partial charge is 0.346 e. The second kappa shape index (κ2) is 3.41. The Morgan fingerprint density at radius 2 is 1.88 bits per heavy atom. The van der Waals surface area contributed by atoms with Crippen molar-refractivity contribution >= 4 is 11.0 Å². The summed E-state index contributed by atoms with van der Waals surface area (Å²) in [6.45, 7) is 1.99. The maximum atomic E-state index is 4.48. The molecule has 0 saturated heterocycles. The van der Waals surface area contributed by atoms with E-state index in [1.54, 1.807) is 12.4 Å².